The van der Waals surface area contributed by atoms with Gasteiger partial charge in [0.05, 0.1) is 12.5 Å². The number of carbonyl (C=O) groups is 2. The summed E-state index contributed by atoms with van der Waals surface area (Å²) in [4.78, 5) is 23.7. The first kappa shape index (κ1) is 28.2. The van der Waals surface area contributed by atoms with E-state index < -0.39 is 43.2 Å². The van der Waals surface area contributed by atoms with Crippen molar-refractivity contribution in [1.82, 2.24) is 10.6 Å². The molecule has 190 valence electrons. The van der Waals surface area contributed by atoms with Crippen LogP contribution >= 0.6 is 11.6 Å². The Bertz CT molecular complexity index is 1100. The van der Waals surface area contributed by atoms with Gasteiger partial charge < -0.3 is 10.6 Å². The third-order valence-electron chi connectivity index (χ3n) is 5.21. The first-order valence-electron chi connectivity index (χ1n) is 10.3. The molecule has 0 saturated carbocycles. The van der Waals surface area contributed by atoms with E-state index in [4.69, 9.17) is 11.6 Å². The lowest BCUT2D eigenvalue weighted by atomic mass is 9.93. The van der Waals surface area contributed by atoms with E-state index in [1.54, 1.807) is 26.1 Å². The number of amides is 2. The fourth-order valence-corrected chi connectivity index (χ4v) is 3.48. The molecule has 0 spiro atoms. The Hall–Kier alpha value is -3.01. The molecule has 2 aromatic carbocycles. The number of halogens is 7. The van der Waals surface area contributed by atoms with E-state index in [1.165, 1.54) is 36.4 Å². The van der Waals surface area contributed by atoms with Crippen molar-refractivity contribution in [2.24, 2.45) is 0 Å². The summed E-state index contributed by atoms with van der Waals surface area (Å²) in [6.07, 6.45) is -6.86. The van der Waals surface area contributed by atoms with Crippen molar-refractivity contribution in [3.8, 4) is 0 Å². The molecular formula is C24H23ClF6N2O2. The van der Waals surface area contributed by atoms with Gasteiger partial charge in [0, 0.05) is 10.6 Å². The summed E-state index contributed by atoms with van der Waals surface area (Å²) in [5.41, 5.74) is 2.25. The highest BCUT2D eigenvalue weighted by atomic mass is 35.5. The number of hydrogen-bond donors (Lipinski definition) is 2. The average Bonchev–Trinajstić information content (AvgIpc) is 2.73. The van der Waals surface area contributed by atoms with Gasteiger partial charge in [-0.15, -0.1) is 0 Å². The van der Waals surface area contributed by atoms with Crippen molar-refractivity contribution in [2.45, 2.75) is 39.0 Å². The maximum absolute atomic E-state index is 13.7. The summed E-state index contributed by atoms with van der Waals surface area (Å²) in [6, 6.07) is 6.98. The molecule has 0 aliphatic heterocycles. The van der Waals surface area contributed by atoms with E-state index in [0.29, 0.717) is 22.3 Å². The summed E-state index contributed by atoms with van der Waals surface area (Å²) in [6.45, 7) is 2.75. The molecule has 2 aromatic rings. The minimum atomic E-state index is -4.57. The molecule has 0 saturated heterocycles. The number of allylic oxidation sites excluding steroid dienone is 1. The molecule has 2 amide bonds. The van der Waals surface area contributed by atoms with Crippen LogP contribution in [0.2, 0.25) is 5.02 Å². The van der Waals surface area contributed by atoms with E-state index in [-0.39, 0.29) is 16.1 Å². The van der Waals surface area contributed by atoms with E-state index in [0.717, 1.165) is 6.08 Å². The Kier molecular flexibility index (Phi) is 9.00. The highest BCUT2D eigenvalue weighted by Gasteiger charge is 2.39. The number of hydrogen-bond acceptors (Lipinski definition) is 2. The van der Waals surface area contributed by atoms with Crippen LogP contribution in [-0.2, 0) is 4.79 Å². The van der Waals surface area contributed by atoms with E-state index >= 15 is 0 Å². The van der Waals surface area contributed by atoms with Crippen molar-refractivity contribution in [2.75, 3.05) is 13.1 Å². The zero-order chi connectivity index (χ0) is 26.6. The predicted octanol–water partition coefficient (Wildman–Crippen LogP) is 6.03. The molecule has 1 atom stereocenters. The van der Waals surface area contributed by atoms with Gasteiger partial charge >= 0.3 is 12.4 Å². The number of benzene rings is 2. The van der Waals surface area contributed by atoms with E-state index in [2.05, 4.69) is 5.32 Å². The number of rotatable bonds is 7. The van der Waals surface area contributed by atoms with Gasteiger partial charge in [-0.1, -0.05) is 42.0 Å². The van der Waals surface area contributed by atoms with Gasteiger partial charge in [-0.3, -0.25) is 9.59 Å². The van der Waals surface area contributed by atoms with Crippen LogP contribution in [0.1, 0.15) is 44.1 Å². The van der Waals surface area contributed by atoms with Crippen LogP contribution in [0.25, 0.3) is 6.08 Å². The molecule has 0 aromatic heterocycles. The van der Waals surface area contributed by atoms with Crippen LogP contribution in [0.4, 0.5) is 26.3 Å². The summed E-state index contributed by atoms with van der Waals surface area (Å²) in [5.74, 6) is -3.63. The topological polar surface area (TPSA) is 58.2 Å². The molecule has 11 heteroatoms. The number of aryl methyl sites for hydroxylation is 2. The largest absolute Gasteiger partial charge is 0.405 e. The molecule has 0 heterocycles. The number of nitrogens with one attached hydrogen (secondary N) is 2. The summed E-state index contributed by atoms with van der Waals surface area (Å²) >= 11 is 6.08. The predicted molar refractivity (Wildman–Crippen MR) is 121 cm³/mol. The van der Waals surface area contributed by atoms with Gasteiger partial charge in [0.15, 0.2) is 0 Å². The minimum Gasteiger partial charge on any atom is -0.345 e. The first-order chi connectivity index (χ1) is 16.1. The van der Waals surface area contributed by atoms with Crippen LogP contribution in [0, 0.1) is 20.8 Å². The molecular weight excluding hydrogens is 498 g/mol. The quantitative estimate of drug-likeness (QED) is 0.438. The second-order valence-corrected chi connectivity index (χ2v) is 8.38. The van der Waals surface area contributed by atoms with Crippen LogP contribution < -0.4 is 10.6 Å². The highest BCUT2D eigenvalue weighted by molar-refractivity contribution is 6.31. The van der Waals surface area contributed by atoms with E-state index in [1.807, 2.05) is 0 Å². The SMILES string of the molecule is Cc1cc(/C=C/C(c2cc(C)c(C)c(Cl)c2)C(F)(F)F)ccc1C(=O)NCC(=O)NCC(F)(F)F. The lowest BCUT2D eigenvalue weighted by Crippen LogP contribution is -2.41. The van der Waals surface area contributed by atoms with Gasteiger partial charge in [0.2, 0.25) is 5.91 Å². The zero-order valence-electron chi connectivity index (χ0n) is 19.0. The lowest BCUT2D eigenvalue weighted by Gasteiger charge is -2.19. The Morgan fingerprint density at radius 2 is 1.63 bits per heavy atom. The molecule has 4 nitrogen and oxygen atoms in total. The molecule has 2 N–H and O–H groups in total. The molecule has 1 unspecified atom stereocenters. The van der Waals surface area contributed by atoms with Crippen LogP contribution in [0.3, 0.4) is 0 Å². The lowest BCUT2D eigenvalue weighted by molar-refractivity contribution is -0.139. The molecule has 0 fully saturated rings. The standard InChI is InChI=1S/C24H23ClF6N2O2/c1-13-9-17(10-20(25)15(13)3)19(24(29,30)31)7-5-16-4-6-18(14(2)8-16)22(35)32-11-21(34)33-12-23(26,27)28/h4-10,19H,11-12H2,1-3H3,(H,32,35)(H,33,34)/b7-5+. The van der Waals surface area contributed by atoms with Crippen molar-refractivity contribution < 1.29 is 35.9 Å². The van der Waals surface area contributed by atoms with Crippen molar-refractivity contribution >= 4 is 29.5 Å². The van der Waals surface area contributed by atoms with Gasteiger partial charge in [-0.05, 0) is 60.7 Å². The smallest absolute Gasteiger partial charge is 0.345 e. The maximum Gasteiger partial charge on any atom is 0.405 e. The van der Waals surface area contributed by atoms with Gasteiger partial charge in [0.1, 0.15) is 6.54 Å². The molecule has 0 aliphatic carbocycles. The molecule has 35 heavy (non-hydrogen) atoms. The summed E-state index contributed by atoms with van der Waals surface area (Å²) in [7, 11) is 0. The van der Waals surface area contributed by atoms with Crippen LogP contribution in [-0.4, -0.2) is 37.3 Å². The van der Waals surface area contributed by atoms with Crippen molar-refractivity contribution in [3.63, 3.8) is 0 Å². The Morgan fingerprint density at radius 3 is 2.17 bits per heavy atom. The number of carbonyl (C=O) groups excluding carboxylic acids is 2. The van der Waals surface area contributed by atoms with Gasteiger partial charge in [0.25, 0.3) is 5.91 Å². The Morgan fingerprint density at radius 1 is 0.971 bits per heavy atom. The normalized spacial score (nSPS) is 13.1. The van der Waals surface area contributed by atoms with Gasteiger partial charge in [-0.25, -0.2) is 0 Å². The Balaban J connectivity index is 2.15. The average molecular weight is 521 g/mol. The maximum atomic E-state index is 13.7. The fourth-order valence-electron chi connectivity index (χ4n) is 3.20. The van der Waals surface area contributed by atoms with Crippen molar-refractivity contribution in [1.29, 1.82) is 0 Å². The summed E-state index contributed by atoms with van der Waals surface area (Å²) in [5, 5.41) is 4.07. The second kappa shape index (κ2) is 11.2. The third kappa shape index (κ3) is 8.31. The molecule has 0 radical (unpaired) electrons. The van der Waals surface area contributed by atoms with Crippen LogP contribution in [0.15, 0.2) is 36.4 Å². The minimum absolute atomic E-state index is 0.00151. The van der Waals surface area contributed by atoms with E-state index in [9.17, 15) is 35.9 Å². The number of alkyl halides is 6. The van der Waals surface area contributed by atoms with Crippen molar-refractivity contribution in [3.05, 3.63) is 74.8 Å². The molecule has 2 rings (SSSR count). The second-order valence-electron chi connectivity index (χ2n) is 7.97. The Labute approximate surface area is 203 Å². The third-order valence-corrected chi connectivity index (χ3v) is 5.60. The summed E-state index contributed by atoms with van der Waals surface area (Å²) < 4.78 is 77.6. The fraction of sp³-hybridized carbons (Fsp3) is 0.333. The van der Waals surface area contributed by atoms with Gasteiger partial charge in [-0.2, -0.15) is 26.3 Å². The zero-order valence-corrected chi connectivity index (χ0v) is 19.8. The monoisotopic (exact) mass is 520 g/mol. The highest BCUT2D eigenvalue weighted by Crippen LogP contribution is 2.38. The van der Waals surface area contributed by atoms with Crippen LogP contribution in [0.5, 0.6) is 0 Å². The first-order valence-corrected chi connectivity index (χ1v) is 10.7. The molecule has 0 aliphatic rings. The molecule has 0 bridgehead atoms.